The monoisotopic (exact) mass is 371 g/mol. The highest BCUT2D eigenvalue weighted by Crippen LogP contribution is 2.55. The van der Waals surface area contributed by atoms with Crippen LogP contribution in [0.3, 0.4) is 0 Å². The number of para-hydroxylation sites is 1. The molecule has 8 heteroatoms. The number of fused-ring (bicyclic) bond motifs is 3. The quantitative estimate of drug-likeness (QED) is 0.466. The molecule has 0 spiro atoms. The van der Waals surface area contributed by atoms with Gasteiger partial charge in [-0.25, -0.2) is 0 Å². The van der Waals surface area contributed by atoms with Gasteiger partial charge in [-0.15, -0.1) is 0 Å². The summed E-state index contributed by atoms with van der Waals surface area (Å²) in [6, 6.07) is 9.12. The van der Waals surface area contributed by atoms with E-state index in [9.17, 15) is 20.2 Å². The van der Waals surface area contributed by atoms with E-state index in [-0.39, 0.29) is 29.3 Å². The van der Waals surface area contributed by atoms with Crippen LogP contribution in [0.2, 0.25) is 5.02 Å². The minimum atomic E-state index is -0.411. The first-order valence-corrected chi connectivity index (χ1v) is 8.50. The molecule has 2 aromatic rings. The minimum Gasteiger partial charge on any atom is -0.376 e. The summed E-state index contributed by atoms with van der Waals surface area (Å²) in [5.41, 5.74) is 1.64. The van der Waals surface area contributed by atoms with Crippen LogP contribution in [-0.2, 0) is 0 Å². The van der Waals surface area contributed by atoms with Crippen LogP contribution in [0.15, 0.2) is 48.6 Å². The molecule has 0 bridgehead atoms. The molecule has 0 fully saturated rings. The summed E-state index contributed by atoms with van der Waals surface area (Å²) >= 11 is 6.32. The van der Waals surface area contributed by atoms with Crippen LogP contribution in [0.25, 0.3) is 0 Å². The molecule has 1 N–H and O–H groups in total. The second-order valence-corrected chi connectivity index (χ2v) is 6.81. The van der Waals surface area contributed by atoms with E-state index in [1.54, 1.807) is 18.2 Å². The van der Waals surface area contributed by atoms with E-state index in [1.165, 1.54) is 18.2 Å². The smallest absolute Gasteiger partial charge is 0.275 e. The Labute approximate surface area is 153 Å². The van der Waals surface area contributed by atoms with Crippen LogP contribution >= 0.6 is 11.6 Å². The van der Waals surface area contributed by atoms with Crippen molar-refractivity contribution in [2.75, 3.05) is 5.32 Å². The summed E-state index contributed by atoms with van der Waals surface area (Å²) in [6.45, 7) is 0. The normalized spacial score (nSPS) is 23.0. The summed E-state index contributed by atoms with van der Waals surface area (Å²) in [7, 11) is 0. The van der Waals surface area contributed by atoms with E-state index in [2.05, 4.69) is 5.32 Å². The molecule has 2 aromatic carbocycles. The van der Waals surface area contributed by atoms with E-state index in [4.69, 9.17) is 11.6 Å². The number of halogens is 1. The maximum absolute atomic E-state index is 11.5. The third-order valence-corrected chi connectivity index (χ3v) is 5.43. The van der Waals surface area contributed by atoms with Crippen molar-refractivity contribution in [1.82, 2.24) is 0 Å². The first-order chi connectivity index (χ1) is 12.5. The summed E-state index contributed by atoms with van der Waals surface area (Å²) in [4.78, 5) is 22.1. The van der Waals surface area contributed by atoms with Crippen molar-refractivity contribution in [2.24, 2.45) is 5.92 Å². The first-order valence-electron chi connectivity index (χ1n) is 8.12. The molecule has 0 radical (unpaired) electrons. The number of nitrogens with zero attached hydrogens (tertiary/aromatic N) is 2. The lowest BCUT2D eigenvalue weighted by molar-refractivity contribution is -0.386. The Morgan fingerprint density at radius 3 is 2.50 bits per heavy atom. The van der Waals surface area contributed by atoms with Crippen LogP contribution < -0.4 is 5.32 Å². The number of rotatable bonds is 3. The van der Waals surface area contributed by atoms with Gasteiger partial charge in [-0.3, -0.25) is 20.2 Å². The molecule has 1 aliphatic heterocycles. The molecular formula is C18H14ClN3O4. The Hall–Kier alpha value is -2.93. The predicted octanol–water partition coefficient (Wildman–Crippen LogP) is 4.98. The van der Waals surface area contributed by atoms with Crippen LogP contribution in [-0.4, -0.2) is 9.85 Å². The van der Waals surface area contributed by atoms with Gasteiger partial charge in [0.15, 0.2) is 0 Å². The van der Waals surface area contributed by atoms with Gasteiger partial charge in [-0.1, -0.05) is 42.0 Å². The Balaban J connectivity index is 1.90. The Morgan fingerprint density at radius 2 is 1.77 bits per heavy atom. The van der Waals surface area contributed by atoms with E-state index < -0.39 is 9.85 Å². The largest absolute Gasteiger partial charge is 0.376 e. The fraction of sp³-hybridized carbons (Fsp3) is 0.222. The van der Waals surface area contributed by atoms with Crippen LogP contribution in [0, 0.1) is 26.1 Å². The molecule has 4 rings (SSSR count). The Bertz CT molecular complexity index is 959. The van der Waals surface area contributed by atoms with Crippen molar-refractivity contribution in [1.29, 1.82) is 0 Å². The average molecular weight is 372 g/mol. The standard InChI is InChI=1S/C18H14ClN3O4/c19-13-8-9-15(22(25)26)16-10-5-3-6-11(10)17(20-18(13)16)12-4-1-2-7-14(12)21(23)24/h1-5,7-11,17,20H,6H2/t10-,11-,17+/m0/s1. The van der Waals surface area contributed by atoms with Gasteiger partial charge in [0.2, 0.25) is 0 Å². The predicted molar refractivity (Wildman–Crippen MR) is 97.6 cm³/mol. The molecule has 132 valence electrons. The zero-order valence-electron chi connectivity index (χ0n) is 13.5. The van der Waals surface area contributed by atoms with Crippen molar-refractivity contribution in [3.63, 3.8) is 0 Å². The third-order valence-electron chi connectivity index (χ3n) is 5.11. The molecule has 7 nitrogen and oxygen atoms in total. The minimum absolute atomic E-state index is 0.0134. The van der Waals surface area contributed by atoms with E-state index in [0.717, 1.165) is 0 Å². The molecule has 0 saturated carbocycles. The van der Waals surface area contributed by atoms with Gasteiger partial charge in [0.25, 0.3) is 11.4 Å². The zero-order chi connectivity index (χ0) is 18.4. The number of nitro groups is 2. The fourth-order valence-electron chi connectivity index (χ4n) is 4.04. The second-order valence-electron chi connectivity index (χ2n) is 6.40. The topological polar surface area (TPSA) is 98.3 Å². The summed E-state index contributed by atoms with van der Waals surface area (Å²) in [5, 5.41) is 26.6. The second kappa shape index (κ2) is 6.10. The summed E-state index contributed by atoms with van der Waals surface area (Å²) in [6.07, 6.45) is 4.59. The van der Waals surface area contributed by atoms with Crippen molar-refractivity contribution < 1.29 is 9.85 Å². The zero-order valence-corrected chi connectivity index (χ0v) is 14.2. The Kier molecular flexibility index (Phi) is 3.88. The molecule has 1 heterocycles. The van der Waals surface area contributed by atoms with Gasteiger partial charge in [0.05, 0.1) is 37.7 Å². The van der Waals surface area contributed by atoms with Gasteiger partial charge < -0.3 is 5.32 Å². The fourth-order valence-corrected chi connectivity index (χ4v) is 4.26. The van der Waals surface area contributed by atoms with Gasteiger partial charge in [-0.2, -0.15) is 0 Å². The molecule has 0 saturated heterocycles. The first kappa shape index (κ1) is 16.5. The van der Waals surface area contributed by atoms with Gasteiger partial charge >= 0.3 is 0 Å². The number of allylic oxidation sites excluding steroid dienone is 2. The molecule has 3 atom stereocenters. The molecular weight excluding hydrogens is 358 g/mol. The SMILES string of the molecule is O=[N+]([O-])c1ccccc1[C@@H]1Nc2c(Cl)ccc([N+](=O)[O-])c2[C@H]2C=CC[C@@H]21. The Morgan fingerprint density at radius 1 is 1.04 bits per heavy atom. The van der Waals surface area contributed by atoms with Gasteiger partial charge in [-0.05, 0) is 18.4 Å². The van der Waals surface area contributed by atoms with Crippen molar-refractivity contribution in [3.8, 4) is 0 Å². The lowest BCUT2D eigenvalue weighted by Gasteiger charge is -2.37. The molecule has 26 heavy (non-hydrogen) atoms. The summed E-state index contributed by atoms with van der Waals surface area (Å²) < 4.78 is 0. The van der Waals surface area contributed by atoms with Crippen molar-refractivity contribution >= 4 is 28.7 Å². The highest BCUT2D eigenvalue weighted by atomic mass is 35.5. The molecule has 1 aliphatic carbocycles. The number of nitrogens with one attached hydrogen (secondary N) is 1. The molecule has 2 aliphatic rings. The summed E-state index contributed by atoms with van der Waals surface area (Å²) in [5.74, 6) is -0.268. The van der Waals surface area contributed by atoms with E-state index in [0.29, 0.717) is 28.3 Å². The van der Waals surface area contributed by atoms with Crippen LogP contribution in [0.4, 0.5) is 17.1 Å². The van der Waals surface area contributed by atoms with Crippen LogP contribution in [0.1, 0.15) is 29.5 Å². The number of benzene rings is 2. The average Bonchev–Trinajstić information content (AvgIpc) is 3.11. The lowest BCUT2D eigenvalue weighted by Crippen LogP contribution is -2.30. The molecule has 0 amide bonds. The molecule has 0 unspecified atom stereocenters. The maximum Gasteiger partial charge on any atom is 0.275 e. The highest BCUT2D eigenvalue weighted by Gasteiger charge is 2.44. The number of nitro benzene ring substituents is 2. The number of hydrogen-bond donors (Lipinski definition) is 1. The van der Waals surface area contributed by atoms with E-state index in [1.807, 2.05) is 12.2 Å². The maximum atomic E-state index is 11.5. The van der Waals surface area contributed by atoms with Crippen molar-refractivity contribution in [3.05, 3.63) is 84.9 Å². The van der Waals surface area contributed by atoms with Gasteiger partial charge in [0, 0.05) is 18.1 Å². The molecule has 0 aromatic heterocycles. The van der Waals surface area contributed by atoms with E-state index >= 15 is 0 Å². The van der Waals surface area contributed by atoms with Crippen LogP contribution in [0.5, 0.6) is 0 Å². The number of anilines is 1. The van der Waals surface area contributed by atoms with Gasteiger partial charge in [0.1, 0.15) is 0 Å². The lowest BCUT2D eigenvalue weighted by atomic mass is 9.76. The highest BCUT2D eigenvalue weighted by molar-refractivity contribution is 6.33. The van der Waals surface area contributed by atoms with Crippen molar-refractivity contribution in [2.45, 2.75) is 18.4 Å². The third kappa shape index (κ3) is 2.43. The number of hydrogen-bond acceptors (Lipinski definition) is 5.